The first-order chi connectivity index (χ1) is 9.08. The van der Waals surface area contributed by atoms with Gasteiger partial charge in [-0.2, -0.15) is 0 Å². The maximum absolute atomic E-state index is 12.2. The molecule has 0 bridgehead atoms. The molecular formula is C15H31N3O. The van der Waals surface area contributed by atoms with Crippen LogP contribution in [0.4, 0.5) is 0 Å². The quantitative estimate of drug-likeness (QED) is 0.765. The van der Waals surface area contributed by atoms with Crippen molar-refractivity contribution in [3.8, 4) is 0 Å². The van der Waals surface area contributed by atoms with Crippen LogP contribution >= 0.6 is 0 Å². The Morgan fingerprint density at radius 3 is 2.26 bits per heavy atom. The van der Waals surface area contributed by atoms with Crippen LogP contribution in [0, 0.1) is 5.92 Å². The molecule has 0 aromatic heterocycles. The Balaban J connectivity index is 2.27. The number of rotatable bonds is 7. The molecule has 0 spiro atoms. The lowest BCUT2D eigenvalue weighted by molar-refractivity contribution is -0.133. The second-order valence-corrected chi connectivity index (χ2v) is 5.90. The summed E-state index contributed by atoms with van der Waals surface area (Å²) in [6, 6.07) is 0.589. The van der Waals surface area contributed by atoms with Gasteiger partial charge in [-0.3, -0.25) is 9.69 Å². The fraction of sp³-hybridized carbons (Fsp3) is 0.933. The van der Waals surface area contributed by atoms with Crippen LogP contribution in [0.1, 0.15) is 46.5 Å². The Bertz CT molecular complexity index is 260. The molecule has 4 nitrogen and oxygen atoms in total. The summed E-state index contributed by atoms with van der Waals surface area (Å²) in [6.07, 6.45) is 3.87. The molecule has 112 valence electrons. The Morgan fingerprint density at radius 2 is 1.79 bits per heavy atom. The van der Waals surface area contributed by atoms with Crippen LogP contribution in [0.2, 0.25) is 0 Å². The van der Waals surface area contributed by atoms with Gasteiger partial charge in [-0.05, 0) is 39.2 Å². The molecule has 4 heteroatoms. The van der Waals surface area contributed by atoms with E-state index in [4.69, 9.17) is 5.73 Å². The van der Waals surface area contributed by atoms with Gasteiger partial charge in [0, 0.05) is 38.6 Å². The molecule has 1 heterocycles. The third kappa shape index (κ3) is 5.49. The maximum Gasteiger partial charge on any atom is 0.222 e. The molecule has 1 unspecified atom stereocenters. The molecule has 0 saturated carbocycles. The summed E-state index contributed by atoms with van der Waals surface area (Å²) in [5, 5.41) is 0. The summed E-state index contributed by atoms with van der Waals surface area (Å²) in [4.78, 5) is 16.6. The zero-order valence-corrected chi connectivity index (χ0v) is 12.9. The van der Waals surface area contributed by atoms with E-state index < -0.39 is 0 Å². The zero-order valence-electron chi connectivity index (χ0n) is 12.9. The summed E-state index contributed by atoms with van der Waals surface area (Å²) in [6.45, 7) is 11.2. The van der Waals surface area contributed by atoms with Crippen molar-refractivity contribution < 1.29 is 4.79 Å². The van der Waals surface area contributed by atoms with Crippen molar-refractivity contribution in [1.82, 2.24) is 9.80 Å². The molecular weight excluding hydrogens is 238 g/mol. The van der Waals surface area contributed by atoms with Gasteiger partial charge in [-0.25, -0.2) is 0 Å². The fourth-order valence-electron chi connectivity index (χ4n) is 2.76. The Hall–Kier alpha value is -0.610. The van der Waals surface area contributed by atoms with Gasteiger partial charge in [0.15, 0.2) is 0 Å². The van der Waals surface area contributed by atoms with E-state index in [1.807, 2.05) is 4.90 Å². The van der Waals surface area contributed by atoms with Crippen molar-refractivity contribution in [1.29, 1.82) is 0 Å². The van der Waals surface area contributed by atoms with Crippen LogP contribution < -0.4 is 5.73 Å². The maximum atomic E-state index is 12.2. The summed E-state index contributed by atoms with van der Waals surface area (Å²) in [5.41, 5.74) is 5.60. The standard InChI is InChI=1S/C15H31N3O/c1-4-14(7-8-16)5-6-15(19)18-11-9-17(10-12-18)13(2)3/h13-14H,4-12,16H2,1-3H3. The topological polar surface area (TPSA) is 49.6 Å². The minimum absolute atomic E-state index is 0.332. The Kier molecular flexibility index (Phi) is 7.39. The molecule has 1 rings (SSSR count). The third-order valence-corrected chi connectivity index (χ3v) is 4.32. The number of nitrogens with two attached hydrogens (primary N) is 1. The summed E-state index contributed by atoms with van der Waals surface area (Å²) < 4.78 is 0. The number of nitrogens with zero attached hydrogens (tertiary/aromatic N) is 2. The first-order valence-corrected chi connectivity index (χ1v) is 7.80. The zero-order chi connectivity index (χ0) is 14.3. The third-order valence-electron chi connectivity index (χ3n) is 4.32. The smallest absolute Gasteiger partial charge is 0.222 e. The predicted molar refractivity (Wildman–Crippen MR) is 80.0 cm³/mol. The second-order valence-electron chi connectivity index (χ2n) is 5.90. The van der Waals surface area contributed by atoms with Gasteiger partial charge in [-0.1, -0.05) is 13.3 Å². The largest absolute Gasteiger partial charge is 0.340 e. The molecule has 1 amide bonds. The lowest BCUT2D eigenvalue weighted by Crippen LogP contribution is -2.50. The predicted octanol–water partition coefficient (Wildman–Crippen LogP) is 1.69. The van der Waals surface area contributed by atoms with Gasteiger partial charge < -0.3 is 10.6 Å². The molecule has 2 N–H and O–H groups in total. The first-order valence-electron chi connectivity index (χ1n) is 7.80. The molecule has 0 aromatic carbocycles. The molecule has 1 aliphatic rings. The van der Waals surface area contributed by atoms with E-state index in [0.717, 1.165) is 52.0 Å². The van der Waals surface area contributed by atoms with Crippen molar-refractivity contribution >= 4 is 5.91 Å². The molecule has 19 heavy (non-hydrogen) atoms. The van der Waals surface area contributed by atoms with E-state index in [0.29, 0.717) is 24.3 Å². The SMILES string of the molecule is CCC(CCN)CCC(=O)N1CCN(C(C)C)CC1. The van der Waals surface area contributed by atoms with E-state index in [2.05, 4.69) is 25.7 Å². The first kappa shape index (κ1) is 16.4. The van der Waals surface area contributed by atoms with Gasteiger partial charge in [0.1, 0.15) is 0 Å². The minimum Gasteiger partial charge on any atom is -0.340 e. The van der Waals surface area contributed by atoms with E-state index in [9.17, 15) is 4.79 Å². The Morgan fingerprint density at radius 1 is 1.16 bits per heavy atom. The number of carbonyl (C=O) groups is 1. The fourth-order valence-corrected chi connectivity index (χ4v) is 2.76. The number of piperazine rings is 1. The second kappa shape index (κ2) is 8.54. The van der Waals surface area contributed by atoms with Gasteiger partial charge in [0.05, 0.1) is 0 Å². The molecule has 0 aromatic rings. The molecule has 1 fully saturated rings. The van der Waals surface area contributed by atoms with E-state index >= 15 is 0 Å². The Labute approximate surface area is 118 Å². The van der Waals surface area contributed by atoms with E-state index in [1.165, 1.54) is 0 Å². The van der Waals surface area contributed by atoms with Crippen LogP contribution in [-0.2, 0) is 4.79 Å². The lowest BCUT2D eigenvalue weighted by Gasteiger charge is -2.37. The minimum atomic E-state index is 0.332. The van der Waals surface area contributed by atoms with Crippen molar-refractivity contribution in [3.63, 3.8) is 0 Å². The summed E-state index contributed by atoms with van der Waals surface area (Å²) >= 11 is 0. The molecule has 1 saturated heterocycles. The average Bonchev–Trinajstić information content (AvgIpc) is 2.43. The highest BCUT2D eigenvalue weighted by Crippen LogP contribution is 2.16. The van der Waals surface area contributed by atoms with Gasteiger partial charge in [-0.15, -0.1) is 0 Å². The summed E-state index contributed by atoms with van der Waals surface area (Å²) in [5.74, 6) is 0.949. The van der Waals surface area contributed by atoms with Gasteiger partial charge >= 0.3 is 0 Å². The number of hydrogen-bond acceptors (Lipinski definition) is 3. The van der Waals surface area contributed by atoms with Crippen LogP contribution in [0.3, 0.4) is 0 Å². The monoisotopic (exact) mass is 269 g/mol. The van der Waals surface area contributed by atoms with Crippen LogP contribution in [0.25, 0.3) is 0 Å². The summed E-state index contributed by atoms with van der Waals surface area (Å²) in [7, 11) is 0. The lowest BCUT2D eigenvalue weighted by atomic mass is 9.96. The van der Waals surface area contributed by atoms with Gasteiger partial charge in [0.25, 0.3) is 0 Å². The van der Waals surface area contributed by atoms with Crippen molar-refractivity contribution in [2.75, 3.05) is 32.7 Å². The normalized spacial score (nSPS) is 18.9. The van der Waals surface area contributed by atoms with Crippen LogP contribution in [-0.4, -0.2) is 54.5 Å². The van der Waals surface area contributed by atoms with Crippen LogP contribution in [0.15, 0.2) is 0 Å². The average molecular weight is 269 g/mol. The highest BCUT2D eigenvalue weighted by molar-refractivity contribution is 5.76. The highest BCUT2D eigenvalue weighted by atomic mass is 16.2. The van der Waals surface area contributed by atoms with Crippen molar-refractivity contribution in [3.05, 3.63) is 0 Å². The number of hydrogen-bond donors (Lipinski definition) is 1. The van der Waals surface area contributed by atoms with Crippen LogP contribution in [0.5, 0.6) is 0 Å². The van der Waals surface area contributed by atoms with Crippen molar-refractivity contribution in [2.45, 2.75) is 52.5 Å². The highest BCUT2D eigenvalue weighted by Gasteiger charge is 2.22. The van der Waals surface area contributed by atoms with E-state index in [-0.39, 0.29) is 0 Å². The van der Waals surface area contributed by atoms with E-state index in [1.54, 1.807) is 0 Å². The van der Waals surface area contributed by atoms with Crippen molar-refractivity contribution in [2.24, 2.45) is 11.7 Å². The molecule has 0 aliphatic carbocycles. The molecule has 1 aliphatic heterocycles. The number of carbonyl (C=O) groups excluding carboxylic acids is 1. The number of amides is 1. The van der Waals surface area contributed by atoms with Gasteiger partial charge in [0.2, 0.25) is 5.91 Å². The molecule has 0 radical (unpaired) electrons. The molecule has 1 atom stereocenters.